The minimum Gasteiger partial charge on any atom is -0.352 e. The van der Waals surface area contributed by atoms with Crippen LogP contribution in [0.3, 0.4) is 0 Å². The molecule has 23 heavy (non-hydrogen) atoms. The fourth-order valence-electron chi connectivity index (χ4n) is 2.57. The van der Waals surface area contributed by atoms with Crippen LogP contribution in [0.2, 0.25) is 5.02 Å². The van der Waals surface area contributed by atoms with Gasteiger partial charge in [-0.25, -0.2) is 0 Å². The number of nitrogens with zero attached hydrogens (tertiary/aromatic N) is 2. The second-order valence-electron chi connectivity index (χ2n) is 5.80. The maximum Gasteiger partial charge on any atom is 0.281 e. The Labute approximate surface area is 142 Å². The van der Waals surface area contributed by atoms with Crippen LogP contribution in [0.1, 0.15) is 18.4 Å². The molecule has 1 N–H and O–H groups in total. The van der Waals surface area contributed by atoms with Crippen molar-refractivity contribution in [3.63, 3.8) is 0 Å². The first-order valence-corrected chi connectivity index (χ1v) is 9.28. The lowest BCUT2D eigenvalue weighted by atomic mass is 9.99. The summed E-state index contributed by atoms with van der Waals surface area (Å²) in [7, 11) is -0.482. The van der Waals surface area contributed by atoms with Crippen LogP contribution in [0.25, 0.3) is 0 Å². The van der Waals surface area contributed by atoms with Gasteiger partial charge in [-0.2, -0.15) is 17.0 Å². The zero-order valence-corrected chi connectivity index (χ0v) is 14.9. The number of halogens is 1. The zero-order valence-electron chi connectivity index (χ0n) is 13.3. The Balaban J connectivity index is 1.96. The van der Waals surface area contributed by atoms with E-state index in [1.807, 2.05) is 18.2 Å². The molecule has 1 heterocycles. The zero-order chi connectivity index (χ0) is 17.0. The number of benzene rings is 1. The average molecular weight is 360 g/mol. The van der Waals surface area contributed by atoms with Gasteiger partial charge in [0.05, 0.1) is 5.92 Å². The summed E-state index contributed by atoms with van der Waals surface area (Å²) in [6.45, 7) is 1.01. The lowest BCUT2D eigenvalue weighted by molar-refractivity contribution is -0.126. The normalized spacial score (nSPS) is 19.7. The van der Waals surface area contributed by atoms with Crippen LogP contribution in [0.15, 0.2) is 24.3 Å². The lowest BCUT2D eigenvalue weighted by Crippen LogP contribution is -2.48. The van der Waals surface area contributed by atoms with E-state index in [0.29, 0.717) is 31.0 Å². The summed E-state index contributed by atoms with van der Waals surface area (Å²) < 4.78 is 26.9. The summed E-state index contributed by atoms with van der Waals surface area (Å²) in [6.07, 6.45) is 1.37. The number of rotatable bonds is 5. The van der Waals surface area contributed by atoms with Crippen molar-refractivity contribution in [1.29, 1.82) is 0 Å². The highest BCUT2D eigenvalue weighted by molar-refractivity contribution is 7.86. The van der Waals surface area contributed by atoms with Gasteiger partial charge in [0.15, 0.2) is 0 Å². The van der Waals surface area contributed by atoms with Crippen LogP contribution in [-0.2, 0) is 21.5 Å². The second kappa shape index (κ2) is 7.61. The molecule has 2 rings (SSSR count). The molecular formula is C15H22ClN3O3S. The quantitative estimate of drug-likeness (QED) is 0.865. The van der Waals surface area contributed by atoms with E-state index in [1.165, 1.54) is 22.7 Å². The molecule has 1 fully saturated rings. The molecular weight excluding hydrogens is 338 g/mol. The Bertz CT molecular complexity index is 664. The number of carbonyl (C=O) groups excluding carboxylic acids is 1. The van der Waals surface area contributed by atoms with E-state index in [2.05, 4.69) is 5.32 Å². The number of hydrogen-bond donors (Lipinski definition) is 1. The van der Waals surface area contributed by atoms with E-state index < -0.39 is 10.2 Å². The fourth-order valence-corrected chi connectivity index (χ4v) is 3.96. The predicted molar refractivity (Wildman–Crippen MR) is 90.2 cm³/mol. The van der Waals surface area contributed by atoms with Crippen molar-refractivity contribution in [3.05, 3.63) is 34.9 Å². The minimum atomic E-state index is -3.47. The van der Waals surface area contributed by atoms with E-state index in [9.17, 15) is 13.2 Å². The first kappa shape index (κ1) is 18.2. The van der Waals surface area contributed by atoms with Crippen molar-refractivity contribution in [2.45, 2.75) is 19.4 Å². The molecule has 1 aromatic rings. The highest BCUT2D eigenvalue weighted by Gasteiger charge is 2.33. The molecule has 1 atom stereocenters. The molecule has 0 spiro atoms. The molecule has 0 radical (unpaired) electrons. The van der Waals surface area contributed by atoms with Gasteiger partial charge in [0, 0.05) is 38.8 Å². The monoisotopic (exact) mass is 359 g/mol. The standard InChI is InChI=1S/C15H22ClN3O3S/c1-18(2)23(21,22)19-9-5-7-13(11-19)15(20)17-10-12-6-3-4-8-14(12)16/h3-4,6,8,13H,5,7,9-11H2,1-2H3,(H,17,20)/t13-/m1/s1. The predicted octanol–water partition coefficient (Wildman–Crippen LogP) is 1.47. The smallest absolute Gasteiger partial charge is 0.281 e. The van der Waals surface area contributed by atoms with Gasteiger partial charge in [-0.05, 0) is 24.5 Å². The second-order valence-corrected chi connectivity index (χ2v) is 8.35. The molecule has 6 nitrogen and oxygen atoms in total. The first-order chi connectivity index (χ1) is 10.8. The Hall–Kier alpha value is -1.15. The van der Waals surface area contributed by atoms with Crippen molar-refractivity contribution in [1.82, 2.24) is 13.9 Å². The third-order valence-corrected chi connectivity index (χ3v) is 6.23. The number of nitrogens with one attached hydrogen (secondary N) is 1. The van der Waals surface area contributed by atoms with Crippen molar-refractivity contribution in [2.75, 3.05) is 27.2 Å². The SMILES string of the molecule is CN(C)S(=O)(=O)N1CCC[C@@H](C(=O)NCc2ccccc2Cl)C1. The van der Waals surface area contributed by atoms with Crippen molar-refractivity contribution in [3.8, 4) is 0 Å². The van der Waals surface area contributed by atoms with E-state index >= 15 is 0 Å². The lowest BCUT2D eigenvalue weighted by Gasteiger charge is -2.32. The summed E-state index contributed by atoms with van der Waals surface area (Å²) in [6, 6.07) is 7.32. The summed E-state index contributed by atoms with van der Waals surface area (Å²) >= 11 is 6.07. The van der Waals surface area contributed by atoms with Crippen LogP contribution in [0.5, 0.6) is 0 Å². The highest BCUT2D eigenvalue weighted by Crippen LogP contribution is 2.21. The maximum atomic E-state index is 12.3. The Morgan fingerprint density at radius 3 is 2.74 bits per heavy atom. The largest absolute Gasteiger partial charge is 0.352 e. The van der Waals surface area contributed by atoms with Crippen molar-refractivity contribution in [2.24, 2.45) is 5.92 Å². The first-order valence-electron chi connectivity index (χ1n) is 7.51. The number of carbonyl (C=O) groups is 1. The Kier molecular flexibility index (Phi) is 6.02. The van der Waals surface area contributed by atoms with E-state index in [1.54, 1.807) is 6.07 Å². The number of hydrogen-bond acceptors (Lipinski definition) is 3. The Morgan fingerprint density at radius 1 is 1.39 bits per heavy atom. The van der Waals surface area contributed by atoms with Gasteiger partial charge >= 0.3 is 0 Å². The molecule has 8 heteroatoms. The molecule has 0 bridgehead atoms. The molecule has 1 aliphatic rings. The maximum absolute atomic E-state index is 12.3. The van der Waals surface area contributed by atoms with Crippen LogP contribution in [0.4, 0.5) is 0 Å². The molecule has 128 valence electrons. The molecule has 0 saturated carbocycles. The summed E-state index contributed by atoms with van der Waals surface area (Å²) in [5.41, 5.74) is 0.844. The van der Waals surface area contributed by atoms with Gasteiger partial charge in [0.1, 0.15) is 0 Å². The van der Waals surface area contributed by atoms with E-state index in [0.717, 1.165) is 5.56 Å². The molecule has 1 amide bonds. The van der Waals surface area contributed by atoms with Crippen molar-refractivity contribution < 1.29 is 13.2 Å². The third-order valence-electron chi connectivity index (χ3n) is 3.95. The van der Waals surface area contributed by atoms with Gasteiger partial charge in [-0.15, -0.1) is 0 Å². The van der Waals surface area contributed by atoms with Gasteiger partial charge < -0.3 is 5.32 Å². The summed E-state index contributed by atoms with van der Waals surface area (Å²) in [5, 5.41) is 3.46. The Morgan fingerprint density at radius 2 is 2.09 bits per heavy atom. The van der Waals surface area contributed by atoms with E-state index in [-0.39, 0.29) is 18.4 Å². The summed E-state index contributed by atoms with van der Waals surface area (Å²) in [4.78, 5) is 12.3. The minimum absolute atomic E-state index is 0.136. The van der Waals surface area contributed by atoms with Crippen molar-refractivity contribution >= 4 is 27.7 Å². The molecule has 0 unspecified atom stereocenters. The van der Waals surface area contributed by atoms with Gasteiger partial charge in [0.2, 0.25) is 5.91 Å². The highest BCUT2D eigenvalue weighted by atomic mass is 35.5. The molecule has 0 aromatic heterocycles. The molecule has 0 aliphatic carbocycles. The van der Waals surface area contributed by atoms with Crippen LogP contribution >= 0.6 is 11.6 Å². The number of piperidine rings is 1. The average Bonchev–Trinajstić information content (AvgIpc) is 2.53. The van der Waals surface area contributed by atoms with Crippen LogP contribution in [0, 0.1) is 5.92 Å². The van der Waals surface area contributed by atoms with Crippen LogP contribution < -0.4 is 5.32 Å². The number of amides is 1. The third kappa shape index (κ3) is 4.44. The molecule has 1 aromatic carbocycles. The van der Waals surface area contributed by atoms with E-state index in [4.69, 9.17) is 11.6 Å². The molecule has 1 saturated heterocycles. The van der Waals surface area contributed by atoms with Gasteiger partial charge in [-0.1, -0.05) is 29.8 Å². The topological polar surface area (TPSA) is 69.7 Å². The van der Waals surface area contributed by atoms with Gasteiger partial charge in [0.25, 0.3) is 10.2 Å². The van der Waals surface area contributed by atoms with Gasteiger partial charge in [-0.3, -0.25) is 4.79 Å². The fraction of sp³-hybridized carbons (Fsp3) is 0.533. The molecule has 1 aliphatic heterocycles. The van der Waals surface area contributed by atoms with Crippen LogP contribution in [-0.4, -0.2) is 50.1 Å². The summed E-state index contributed by atoms with van der Waals surface area (Å²) in [5.74, 6) is -0.468.